The van der Waals surface area contributed by atoms with Gasteiger partial charge in [0.1, 0.15) is 17.1 Å². The van der Waals surface area contributed by atoms with Crippen molar-refractivity contribution in [2.75, 3.05) is 4.72 Å². The molecule has 0 aliphatic rings. The summed E-state index contributed by atoms with van der Waals surface area (Å²) in [4.78, 5) is 23.0. The van der Waals surface area contributed by atoms with Gasteiger partial charge in [0.25, 0.3) is 11.6 Å². The minimum atomic E-state index is -4.64. The first kappa shape index (κ1) is 24.8. The number of anilines is 1. The minimum absolute atomic E-state index is 0.131. The molecule has 0 atom stereocenters. The van der Waals surface area contributed by atoms with Gasteiger partial charge in [0, 0.05) is 12.1 Å². The van der Waals surface area contributed by atoms with Crippen LogP contribution in [0, 0.1) is 10.1 Å². The number of carbonyl (C=O) groups is 1. The molecular weight excluding hydrogens is 503 g/mol. The van der Waals surface area contributed by atoms with Crippen LogP contribution in [0.15, 0.2) is 66.7 Å². The van der Waals surface area contributed by atoms with Gasteiger partial charge in [-0.15, -0.1) is 0 Å². The molecule has 9 nitrogen and oxygen atoms in total. The van der Waals surface area contributed by atoms with Crippen LogP contribution < -0.4 is 14.2 Å². The molecule has 0 bridgehead atoms. The van der Waals surface area contributed by atoms with Gasteiger partial charge in [0.15, 0.2) is 0 Å². The lowest BCUT2D eigenvalue weighted by molar-refractivity contribution is -0.385. The zero-order valence-corrected chi connectivity index (χ0v) is 18.2. The second-order valence-electron chi connectivity index (χ2n) is 6.58. The molecule has 178 valence electrons. The monoisotopic (exact) mass is 515 g/mol. The van der Waals surface area contributed by atoms with E-state index in [1.807, 2.05) is 0 Å². The molecule has 0 radical (unpaired) electrons. The van der Waals surface area contributed by atoms with Crippen LogP contribution in [-0.4, -0.2) is 19.2 Å². The summed E-state index contributed by atoms with van der Waals surface area (Å²) in [5.41, 5.74) is -2.31. The number of amides is 1. The smallest absolute Gasteiger partial charge is 0.416 e. The maximum absolute atomic E-state index is 12.8. The van der Waals surface area contributed by atoms with E-state index in [-0.39, 0.29) is 17.2 Å². The van der Waals surface area contributed by atoms with Gasteiger partial charge in [-0.05, 0) is 36.4 Å². The van der Waals surface area contributed by atoms with E-state index in [1.165, 1.54) is 24.3 Å². The van der Waals surface area contributed by atoms with Crippen LogP contribution in [0.2, 0.25) is 5.02 Å². The highest BCUT2D eigenvalue weighted by molar-refractivity contribution is 7.91. The van der Waals surface area contributed by atoms with E-state index < -0.39 is 49.1 Å². The Labute approximate surface area is 195 Å². The van der Waals surface area contributed by atoms with Gasteiger partial charge in [-0.2, -0.15) is 21.6 Å². The number of benzene rings is 3. The lowest BCUT2D eigenvalue weighted by Crippen LogP contribution is -2.35. The third kappa shape index (κ3) is 6.14. The largest absolute Gasteiger partial charge is 0.456 e. The van der Waals surface area contributed by atoms with Crippen molar-refractivity contribution in [3.8, 4) is 11.5 Å². The van der Waals surface area contributed by atoms with Gasteiger partial charge in [-0.3, -0.25) is 19.6 Å². The van der Waals surface area contributed by atoms with Crippen molar-refractivity contribution in [2.45, 2.75) is 6.18 Å². The quantitative estimate of drug-likeness (QED) is 0.331. The second-order valence-corrected chi connectivity index (χ2v) is 8.41. The van der Waals surface area contributed by atoms with Gasteiger partial charge in [-0.1, -0.05) is 29.8 Å². The minimum Gasteiger partial charge on any atom is -0.456 e. The summed E-state index contributed by atoms with van der Waals surface area (Å²) in [7, 11) is -4.46. The second kappa shape index (κ2) is 9.57. The third-order valence-corrected chi connectivity index (χ3v) is 5.40. The molecule has 0 heterocycles. The Bertz CT molecular complexity index is 1350. The van der Waals surface area contributed by atoms with Crippen LogP contribution in [0.1, 0.15) is 15.9 Å². The molecule has 3 aromatic carbocycles. The molecule has 14 heteroatoms. The number of hydrogen-bond donors (Lipinski definition) is 2. The first-order chi connectivity index (χ1) is 15.9. The van der Waals surface area contributed by atoms with Crippen molar-refractivity contribution in [2.24, 2.45) is 0 Å². The van der Waals surface area contributed by atoms with E-state index in [2.05, 4.69) is 4.72 Å². The standard InChI is InChI=1S/C20H13ClF3N3O6S/c21-16-10-12(20(22,23)24)6-9-18(16)33-14-7-8-17(27(29)30)15(11-14)19(28)26-34(31,32)25-13-4-2-1-3-5-13/h1-11,25H,(H,26,28). The number of ether oxygens (including phenoxy) is 1. The molecule has 2 N–H and O–H groups in total. The van der Waals surface area contributed by atoms with Gasteiger partial charge in [0.2, 0.25) is 0 Å². The molecule has 34 heavy (non-hydrogen) atoms. The van der Waals surface area contributed by atoms with Gasteiger partial charge in [0.05, 0.1) is 21.2 Å². The third-order valence-electron chi connectivity index (χ3n) is 4.15. The Morgan fingerprint density at radius 3 is 2.29 bits per heavy atom. The lowest BCUT2D eigenvalue weighted by Gasteiger charge is -2.12. The highest BCUT2D eigenvalue weighted by Crippen LogP contribution is 2.37. The Hall–Kier alpha value is -3.84. The molecule has 3 rings (SSSR count). The Balaban J connectivity index is 1.88. The number of hydrogen-bond acceptors (Lipinski definition) is 6. The summed E-state index contributed by atoms with van der Waals surface area (Å²) >= 11 is 5.83. The van der Waals surface area contributed by atoms with E-state index in [0.717, 1.165) is 24.3 Å². The van der Waals surface area contributed by atoms with E-state index in [0.29, 0.717) is 12.1 Å². The molecule has 0 spiro atoms. The average molecular weight is 516 g/mol. The van der Waals surface area contributed by atoms with Gasteiger partial charge < -0.3 is 4.74 Å². The fraction of sp³-hybridized carbons (Fsp3) is 0.0500. The number of nitro benzene ring substituents is 1. The van der Waals surface area contributed by atoms with Crippen LogP contribution in [-0.2, 0) is 16.4 Å². The fourth-order valence-corrected chi connectivity index (χ4v) is 3.74. The van der Waals surface area contributed by atoms with Crippen LogP contribution >= 0.6 is 11.6 Å². The molecule has 0 saturated heterocycles. The molecule has 0 unspecified atom stereocenters. The number of nitrogens with one attached hydrogen (secondary N) is 2. The Kier molecular flexibility index (Phi) is 6.98. The van der Waals surface area contributed by atoms with Crippen LogP contribution in [0.25, 0.3) is 0 Å². The van der Waals surface area contributed by atoms with Crippen molar-refractivity contribution in [3.63, 3.8) is 0 Å². The summed E-state index contributed by atoms with van der Waals surface area (Å²) < 4.78 is 72.0. The first-order valence-corrected chi connectivity index (χ1v) is 10.9. The highest BCUT2D eigenvalue weighted by atomic mass is 35.5. The molecule has 0 saturated carbocycles. The predicted molar refractivity (Wildman–Crippen MR) is 116 cm³/mol. The summed E-state index contributed by atoms with van der Waals surface area (Å²) in [6.45, 7) is 0. The normalized spacial score (nSPS) is 11.5. The number of nitro groups is 1. The van der Waals surface area contributed by atoms with Gasteiger partial charge >= 0.3 is 16.4 Å². The highest BCUT2D eigenvalue weighted by Gasteiger charge is 2.31. The van der Waals surface area contributed by atoms with Crippen molar-refractivity contribution in [3.05, 3.63) is 93.0 Å². The molecule has 0 aromatic heterocycles. The van der Waals surface area contributed by atoms with Crippen molar-refractivity contribution >= 4 is 39.1 Å². The lowest BCUT2D eigenvalue weighted by atomic mass is 10.1. The Morgan fingerprint density at radius 2 is 1.71 bits per heavy atom. The predicted octanol–water partition coefficient (Wildman–Crippen LogP) is 5.15. The zero-order chi connectivity index (χ0) is 25.1. The van der Waals surface area contributed by atoms with Crippen molar-refractivity contribution in [1.29, 1.82) is 0 Å². The van der Waals surface area contributed by atoms with Crippen LogP contribution in [0.4, 0.5) is 24.5 Å². The van der Waals surface area contributed by atoms with E-state index in [1.54, 1.807) is 10.8 Å². The summed E-state index contributed by atoms with van der Waals surface area (Å²) in [6.07, 6.45) is -4.64. The topological polar surface area (TPSA) is 128 Å². The fourth-order valence-electron chi connectivity index (χ4n) is 2.67. The molecule has 0 fully saturated rings. The van der Waals surface area contributed by atoms with Gasteiger partial charge in [-0.25, -0.2) is 4.72 Å². The Morgan fingerprint density at radius 1 is 1.03 bits per heavy atom. The summed E-state index contributed by atoms with van der Waals surface area (Å²) in [5, 5.41) is 10.9. The zero-order valence-electron chi connectivity index (χ0n) is 16.7. The number of nitrogens with zero attached hydrogens (tertiary/aromatic N) is 1. The average Bonchev–Trinajstić information content (AvgIpc) is 2.74. The van der Waals surface area contributed by atoms with Crippen molar-refractivity contribution < 1.29 is 36.0 Å². The molecule has 1 amide bonds. The summed E-state index contributed by atoms with van der Waals surface area (Å²) in [5.74, 6) is -1.79. The molecular formula is C20H13ClF3N3O6S. The summed E-state index contributed by atoms with van der Waals surface area (Å²) in [6, 6.07) is 12.6. The van der Waals surface area contributed by atoms with Crippen LogP contribution in [0.5, 0.6) is 11.5 Å². The van der Waals surface area contributed by atoms with Crippen LogP contribution in [0.3, 0.4) is 0 Å². The molecule has 3 aromatic rings. The number of halogens is 4. The maximum Gasteiger partial charge on any atom is 0.416 e. The van der Waals surface area contributed by atoms with E-state index in [9.17, 15) is 36.5 Å². The maximum atomic E-state index is 12.8. The molecule has 0 aliphatic heterocycles. The molecule has 0 aliphatic carbocycles. The van der Waals surface area contributed by atoms with Crippen molar-refractivity contribution in [1.82, 2.24) is 4.72 Å². The van der Waals surface area contributed by atoms with E-state index >= 15 is 0 Å². The number of rotatable bonds is 7. The van der Waals surface area contributed by atoms with E-state index in [4.69, 9.17) is 16.3 Å². The number of alkyl halides is 3. The number of para-hydroxylation sites is 1. The SMILES string of the molecule is O=C(NS(=O)(=O)Nc1ccccc1)c1cc(Oc2ccc(C(F)(F)F)cc2Cl)ccc1[N+](=O)[O-]. The number of carbonyl (C=O) groups excluding carboxylic acids is 1. The first-order valence-electron chi connectivity index (χ1n) is 9.09.